The van der Waals surface area contributed by atoms with Gasteiger partial charge < -0.3 is 20.1 Å². The lowest BCUT2D eigenvalue weighted by Crippen LogP contribution is -2.39. The van der Waals surface area contributed by atoms with Gasteiger partial charge in [-0.3, -0.25) is 4.79 Å². The third-order valence-corrected chi connectivity index (χ3v) is 3.08. The number of rotatable bonds is 7. The number of ether oxygens (including phenoxy) is 2. The van der Waals surface area contributed by atoms with Crippen LogP contribution in [0.15, 0.2) is 22.7 Å². The minimum absolute atomic E-state index is 0.00115. The van der Waals surface area contributed by atoms with E-state index in [4.69, 9.17) is 9.47 Å². The van der Waals surface area contributed by atoms with Crippen molar-refractivity contribution >= 4 is 27.5 Å². The van der Waals surface area contributed by atoms with Gasteiger partial charge in [0.2, 0.25) is 5.91 Å². The maximum absolute atomic E-state index is 11.7. The molecule has 0 saturated heterocycles. The quantitative estimate of drug-likeness (QED) is 0.803. The first-order chi connectivity index (χ1) is 9.06. The molecule has 5 nitrogen and oxygen atoms in total. The second kappa shape index (κ2) is 8.01. The van der Waals surface area contributed by atoms with Crippen LogP contribution in [0.5, 0.6) is 5.75 Å². The second-order valence-electron chi connectivity index (χ2n) is 4.13. The SMILES string of the molecule is COCC(C)NC(=O)CNc1ccc(Br)c(OC)c1. The molecule has 1 amide bonds. The van der Waals surface area contributed by atoms with Crippen molar-refractivity contribution in [1.82, 2.24) is 5.32 Å². The Bertz CT molecular complexity index is 426. The van der Waals surface area contributed by atoms with E-state index in [1.54, 1.807) is 14.2 Å². The predicted octanol–water partition coefficient (Wildman–Crippen LogP) is 2.02. The highest BCUT2D eigenvalue weighted by Gasteiger charge is 2.07. The monoisotopic (exact) mass is 330 g/mol. The minimum Gasteiger partial charge on any atom is -0.495 e. The van der Waals surface area contributed by atoms with Crippen molar-refractivity contribution < 1.29 is 14.3 Å². The highest BCUT2D eigenvalue weighted by Crippen LogP contribution is 2.27. The van der Waals surface area contributed by atoms with E-state index in [2.05, 4.69) is 26.6 Å². The molecule has 1 aromatic carbocycles. The number of hydrogen-bond acceptors (Lipinski definition) is 4. The molecule has 1 unspecified atom stereocenters. The standard InChI is InChI=1S/C13H19BrN2O3/c1-9(8-18-2)16-13(17)7-15-10-4-5-11(14)12(6-10)19-3/h4-6,9,15H,7-8H2,1-3H3,(H,16,17). The van der Waals surface area contributed by atoms with Crippen molar-refractivity contribution in [1.29, 1.82) is 0 Å². The number of amides is 1. The third kappa shape index (κ3) is 5.48. The molecule has 0 aliphatic rings. The molecule has 0 heterocycles. The number of nitrogens with one attached hydrogen (secondary N) is 2. The van der Waals surface area contributed by atoms with Gasteiger partial charge in [-0.25, -0.2) is 0 Å². The Morgan fingerprint density at radius 2 is 2.16 bits per heavy atom. The summed E-state index contributed by atoms with van der Waals surface area (Å²) in [5, 5.41) is 5.86. The Morgan fingerprint density at radius 3 is 2.79 bits per heavy atom. The zero-order chi connectivity index (χ0) is 14.3. The van der Waals surface area contributed by atoms with Crippen molar-refractivity contribution in [3.63, 3.8) is 0 Å². The highest BCUT2D eigenvalue weighted by molar-refractivity contribution is 9.10. The smallest absolute Gasteiger partial charge is 0.239 e. The van der Waals surface area contributed by atoms with Crippen molar-refractivity contribution in [2.24, 2.45) is 0 Å². The van der Waals surface area contributed by atoms with E-state index in [1.807, 2.05) is 25.1 Å². The first-order valence-corrected chi connectivity index (χ1v) is 6.71. The molecule has 0 radical (unpaired) electrons. The van der Waals surface area contributed by atoms with Crippen molar-refractivity contribution in [3.8, 4) is 5.75 Å². The number of methoxy groups -OCH3 is 2. The fraction of sp³-hybridized carbons (Fsp3) is 0.462. The lowest BCUT2D eigenvalue weighted by molar-refractivity contribution is -0.120. The van der Waals surface area contributed by atoms with Crippen LogP contribution >= 0.6 is 15.9 Å². The minimum atomic E-state index is -0.0774. The third-order valence-electron chi connectivity index (χ3n) is 2.43. The molecule has 2 N–H and O–H groups in total. The molecule has 0 aliphatic carbocycles. The van der Waals surface area contributed by atoms with E-state index < -0.39 is 0 Å². The zero-order valence-corrected chi connectivity index (χ0v) is 12.9. The van der Waals surface area contributed by atoms with Gasteiger partial charge in [-0.05, 0) is 35.0 Å². The summed E-state index contributed by atoms with van der Waals surface area (Å²) >= 11 is 3.37. The van der Waals surface area contributed by atoms with Crippen LogP contribution in [0.2, 0.25) is 0 Å². The summed E-state index contributed by atoms with van der Waals surface area (Å²) < 4.78 is 11.0. The average molecular weight is 331 g/mol. The van der Waals surface area contributed by atoms with Gasteiger partial charge in [0.1, 0.15) is 5.75 Å². The van der Waals surface area contributed by atoms with Crippen LogP contribution in [0.3, 0.4) is 0 Å². The Hall–Kier alpha value is -1.27. The molecule has 1 aromatic rings. The normalized spacial score (nSPS) is 11.8. The summed E-state index contributed by atoms with van der Waals surface area (Å²) in [5.41, 5.74) is 0.828. The molecular formula is C13H19BrN2O3. The first kappa shape index (κ1) is 15.8. The molecule has 0 aromatic heterocycles. The lowest BCUT2D eigenvalue weighted by Gasteiger charge is -2.14. The fourth-order valence-corrected chi connectivity index (χ4v) is 1.98. The topological polar surface area (TPSA) is 59.6 Å². The van der Waals surface area contributed by atoms with Crippen LogP contribution in [0.1, 0.15) is 6.92 Å². The van der Waals surface area contributed by atoms with Gasteiger partial charge in [0, 0.05) is 24.9 Å². The van der Waals surface area contributed by atoms with Crippen molar-refractivity contribution in [2.75, 3.05) is 32.7 Å². The Morgan fingerprint density at radius 1 is 1.42 bits per heavy atom. The predicted molar refractivity (Wildman–Crippen MR) is 78.7 cm³/mol. The van der Waals surface area contributed by atoms with Crippen LogP contribution in [0.4, 0.5) is 5.69 Å². The molecule has 0 saturated carbocycles. The van der Waals surface area contributed by atoms with E-state index in [1.165, 1.54) is 0 Å². The molecule has 1 rings (SSSR count). The molecular weight excluding hydrogens is 312 g/mol. The summed E-state index contributed by atoms with van der Waals surface area (Å²) in [6.07, 6.45) is 0. The van der Waals surface area contributed by atoms with Crippen molar-refractivity contribution in [2.45, 2.75) is 13.0 Å². The van der Waals surface area contributed by atoms with Crippen LogP contribution < -0.4 is 15.4 Å². The number of halogens is 1. The van der Waals surface area contributed by atoms with Gasteiger partial charge in [0.15, 0.2) is 0 Å². The maximum atomic E-state index is 11.7. The van der Waals surface area contributed by atoms with Crippen LogP contribution in [-0.4, -0.2) is 39.3 Å². The summed E-state index contributed by atoms with van der Waals surface area (Å²) in [7, 11) is 3.21. The first-order valence-electron chi connectivity index (χ1n) is 5.92. The molecule has 0 fully saturated rings. The van der Waals surface area contributed by atoms with E-state index in [9.17, 15) is 4.79 Å². The van der Waals surface area contributed by atoms with Gasteiger partial charge in [-0.2, -0.15) is 0 Å². The molecule has 106 valence electrons. The summed E-state index contributed by atoms with van der Waals surface area (Å²) in [6, 6.07) is 5.57. The Labute approximate surface area is 121 Å². The van der Waals surface area contributed by atoms with Gasteiger partial charge >= 0.3 is 0 Å². The number of hydrogen-bond donors (Lipinski definition) is 2. The summed E-state index contributed by atoms with van der Waals surface area (Å²) in [6.45, 7) is 2.60. The number of benzene rings is 1. The summed E-state index contributed by atoms with van der Waals surface area (Å²) in [4.78, 5) is 11.7. The highest BCUT2D eigenvalue weighted by atomic mass is 79.9. The van der Waals surface area contributed by atoms with Gasteiger partial charge in [0.05, 0.1) is 24.7 Å². The fourth-order valence-electron chi connectivity index (χ4n) is 1.57. The van der Waals surface area contributed by atoms with Crippen molar-refractivity contribution in [3.05, 3.63) is 22.7 Å². The number of anilines is 1. The molecule has 0 aliphatic heterocycles. The zero-order valence-electron chi connectivity index (χ0n) is 11.3. The van der Waals surface area contributed by atoms with Gasteiger partial charge in [0.25, 0.3) is 0 Å². The van der Waals surface area contributed by atoms with Gasteiger partial charge in [-0.1, -0.05) is 0 Å². The second-order valence-corrected chi connectivity index (χ2v) is 4.98. The van der Waals surface area contributed by atoms with Gasteiger partial charge in [-0.15, -0.1) is 0 Å². The Balaban J connectivity index is 2.46. The maximum Gasteiger partial charge on any atom is 0.239 e. The van der Waals surface area contributed by atoms with Crippen LogP contribution in [0, 0.1) is 0 Å². The largest absolute Gasteiger partial charge is 0.495 e. The van der Waals surface area contributed by atoms with E-state index in [0.29, 0.717) is 6.61 Å². The molecule has 1 atom stereocenters. The van der Waals surface area contributed by atoms with E-state index in [0.717, 1.165) is 15.9 Å². The number of carbonyl (C=O) groups excluding carboxylic acids is 1. The average Bonchev–Trinajstić information content (AvgIpc) is 2.38. The molecule has 0 spiro atoms. The number of carbonyl (C=O) groups is 1. The summed E-state index contributed by atoms with van der Waals surface area (Å²) in [5.74, 6) is 0.643. The van der Waals surface area contributed by atoms with Crippen LogP contribution in [0.25, 0.3) is 0 Å². The molecule has 0 bridgehead atoms. The Kier molecular flexibility index (Phi) is 6.66. The molecule has 6 heteroatoms. The molecule has 19 heavy (non-hydrogen) atoms. The van der Waals surface area contributed by atoms with E-state index >= 15 is 0 Å². The van der Waals surface area contributed by atoms with Crippen LogP contribution in [-0.2, 0) is 9.53 Å². The lowest BCUT2D eigenvalue weighted by atomic mass is 10.3. The van der Waals surface area contributed by atoms with E-state index in [-0.39, 0.29) is 18.5 Å².